The topological polar surface area (TPSA) is 21.3 Å². The number of hydrogen-bond acceptors (Lipinski definition) is 2. The maximum absolute atomic E-state index is 13.1. The van der Waals surface area contributed by atoms with Crippen LogP contribution in [0.5, 0.6) is 0 Å². The Morgan fingerprint density at radius 1 is 1.50 bits per heavy atom. The summed E-state index contributed by atoms with van der Waals surface area (Å²) in [5.74, 6) is 0.456. The third-order valence-electron chi connectivity index (χ3n) is 3.69. The molecule has 2 rings (SSSR count). The fourth-order valence-corrected chi connectivity index (χ4v) is 2.49. The van der Waals surface area contributed by atoms with Crippen molar-refractivity contribution in [3.63, 3.8) is 0 Å². The second-order valence-electron chi connectivity index (χ2n) is 5.27. The molecule has 0 amide bonds. The van der Waals surface area contributed by atoms with Gasteiger partial charge in [-0.3, -0.25) is 0 Å². The number of ether oxygens (including phenoxy) is 1. The molecule has 3 unspecified atom stereocenters. The molecule has 1 heterocycles. The molecule has 1 aromatic carbocycles. The Kier molecular flexibility index (Phi) is 4.72. The quantitative estimate of drug-likeness (QED) is 0.869. The summed E-state index contributed by atoms with van der Waals surface area (Å²) < 4.78 is 18.6. The molecule has 1 fully saturated rings. The molecule has 0 saturated carbocycles. The second-order valence-corrected chi connectivity index (χ2v) is 5.27. The standard InChI is InChI=1S/C15H22FNO/c1-11(8-13-4-3-5-15(16)9-13)17-10-14-6-7-18-12(14)2/h3-5,9,11-12,14,17H,6-8,10H2,1-2H3. The summed E-state index contributed by atoms with van der Waals surface area (Å²) in [5, 5.41) is 3.52. The van der Waals surface area contributed by atoms with E-state index in [1.165, 1.54) is 6.07 Å². The fourth-order valence-electron chi connectivity index (χ4n) is 2.49. The zero-order valence-electron chi connectivity index (χ0n) is 11.2. The van der Waals surface area contributed by atoms with E-state index < -0.39 is 0 Å². The van der Waals surface area contributed by atoms with Gasteiger partial charge < -0.3 is 10.1 Å². The van der Waals surface area contributed by atoms with Gasteiger partial charge in [-0.2, -0.15) is 0 Å². The molecule has 0 radical (unpaired) electrons. The van der Waals surface area contributed by atoms with Gasteiger partial charge in [0.15, 0.2) is 0 Å². The molecule has 1 aliphatic heterocycles. The molecular weight excluding hydrogens is 229 g/mol. The van der Waals surface area contributed by atoms with Crippen LogP contribution in [0.3, 0.4) is 0 Å². The Morgan fingerprint density at radius 3 is 3.00 bits per heavy atom. The van der Waals surface area contributed by atoms with Crippen LogP contribution < -0.4 is 5.32 Å². The summed E-state index contributed by atoms with van der Waals surface area (Å²) in [6.45, 7) is 6.14. The summed E-state index contributed by atoms with van der Waals surface area (Å²) in [6.07, 6.45) is 2.36. The van der Waals surface area contributed by atoms with Gasteiger partial charge in [0.25, 0.3) is 0 Å². The monoisotopic (exact) mass is 251 g/mol. The summed E-state index contributed by atoms with van der Waals surface area (Å²) >= 11 is 0. The molecule has 0 aliphatic carbocycles. The first-order valence-electron chi connectivity index (χ1n) is 6.74. The van der Waals surface area contributed by atoms with Crippen LogP contribution in [-0.2, 0) is 11.2 Å². The Labute approximate surface area is 109 Å². The fraction of sp³-hybridized carbons (Fsp3) is 0.600. The normalized spacial score (nSPS) is 25.3. The van der Waals surface area contributed by atoms with Gasteiger partial charge in [0.2, 0.25) is 0 Å². The molecule has 0 aromatic heterocycles. The zero-order valence-corrected chi connectivity index (χ0v) is 11.2. The molecule has 1 aromatic rings. The SMILES string of the molecule is CC(Cc1cccc(F)c1)NCC1CCOC1C. The van der Waals surface area contributed by atoms with Crippen molar-refractivity contribution in [2.75, 3.05) is 13.2 Å². The van der Waals surface area contributed by atoms with Crippen LogP contribution in [0.4, 0.5) is 4.39 Å². The van der Waals surface area contributed by atoms with Gasteiger partial charge in [-0.25, -0.2) is 4.39 Å². The van der Waals surface area contributed by atoms with Crippen molar-refractivity contribution in [1.29, 1.82) is 0 Å². The number of benzene rings is 1. The third kappa shape index (κ3) is 3.79. The Morgan fingerprint density at radius 2 is 2.33 bits per heavy atom. The molecular formula is C15H22FNO. The number of hydrogen-bond donors (Lipinski definition) is 1. The van der Waals surface area contributed by atoms with Crippen LogP contribution >= 0.6 is 0 Å². The van der Waals surface area contributed by atoms with Crippen LogP contribution in [0.25, 0.3) is 0 Å². The molecule has 100 valence electrons. The highest BCUT2D eigenvalue weighted by Gasteiger charge is 2.24. The van der Waals surface area contributed by atoms with Crippen LogP contribution in [0.2, 0.25) is 0 Å². The zero-order chi connectivity index (χ0) is 13.0. The summed E-state index contributed by atoms with van der Waals surface area (Å²) in [6, 6.07) is 7.20. The van der Waals surface area contributed by atoms with E-state index in [0.29, 0.717) is 18.1 Å². The smallest absolute Gasteiger partial charge is 0.123 e. The number of halogens is 1. The van der Waals surface area contributed by atoms with E-state index in [9.17, 15) is 4.39 Å². The van der Waals surface area contributed by atoms with Crippen molar-refractivity contribution in [2.24, 2.45) is 5.92 Å². The molecule has 0 spiro atoms. The van der Waals surface area contributed by atoms with E-state index in [0.717, 1.165) is 31.6 Å². The van der Waals surface area contributed by atoms with Crippen LogP contribution in [0, 0.1) is 11.7 Å². The predicted molar refractivity (Wildman–Crippen MR) is 71.1 cm³/mol. The first-order valence-corrected chi connectivity index (χ1v) is 6.74. The average Bonchev–Trinajstić information content (AvgIpc) is 2.72. The molecule has 18 heavy (non-hydrogen) atoms. The van der Waals surface area contributed by atoms with Crippen LogP contribution in [0.15, 0.2) is 24.3 Å². The third-order valence-corrected chi connectivity index (χ3v) is 3.69. The van der Waals surface area contributed by atoms with E-state index in [1.54, 1.807) is 12.1 Å². The highest BCUT2D eigenvalue weighted by Crippen LogP contribution is 2.19. The minimum atomic E-state index is -0.155. The van der Waals surface area contributed by atoms with Gasteiger partial charge in [-0.1, -0.05) is 12.1 Å². The summed E-state index contributed by atoms with van der Waals surface area (Å²) in [4.78, 5) is 0. The Balaban J connectivity index is 1.76. The van der Waals surface area contributed by atoms with Crippen molar-refractivity contribution in [3.8, 4) is 0 Å². The minimum absolute atomic E-state index is 0.155. The highest BCUT2D eigenvalue weighted by molar-refractivity contribution is 5.17. The van der Waals surface area contributed by atoms with Crippen molar-refractivity contribution in [2.45, 2.75) is 38.8 Å². The van der Waals surface area contributed by atoms with E-state index in [-0.39, 0.29) is 5.82 Å². The van der Waals surface area contributed by atoms with Crippen molar-refractivity contribution < 1.29 is 9.13 Å². The maximum Gasteiger partial charge on any atom is 0.123 e. The average molecular weight is 251 g/mol. The lowest BCUT2D eigenvalue weighted by Gasteiger charge is -2.19. The Hall–Kier alpha value is -0.930. The molecule has 1 saturated heterocycles. The first-order chi connectivity index (χ1) is 8.65. The van der Waals surface area contributed by atoms with Gasteiger partial charge in [0.05, 0.1) is 6.10 Å². The Bertz CT molecular complexity index is 383. The lowest BCUT2D eigenvalue weighted by Crippen LogP contribution is -2.34. The molecule has 2 nitrogen and oxygen atoms in total. The highest BCUT2D eigenvalue weighted by atomic mass is 19.1. The van der Waals surface area contributed by atoms with Crippen molar-refractivity contribution >= 4 is 0 Å². The van der Waals surface area contributed by atoms with E-state index >= 15 is 0 Å². The molecule has 3 atom stereocenters. The lowest BCUT2D eigenvalue weighted by molar-refractivity contribution is 0.105. The van der Waals surface area contributed by atoms with Crippen molar-refractivity contribution in [1.82, 2.24) is 5.32 Å². The molecule has 1 N–H and O–H groups in total. The number of nitrogens with one attached hydrogen (secondary N) is 1. The van der Waals surface area contributed by atoms with Gasteiger partial charge in [-0.15, -0.1) is 0 Å². The second kappa shape index (κ2) is 6.30. The molecule has 3 heteroatoms. The van der Waals surface area contributed by atoms with Gasteiger partial charge in [-0.05, 0) is 50.3 Å². The maximum atomic E-state index is 13.1. The minimum Gasteiger partial charge on any atom is -0.378 e. The first kappa shape index (κ1) is 13.5. The number of rotatable bonds is 5. The summed E-state index contributed by atoms with van der Waals surface area (Å²) in [5.41, 5.74) is 1.05. The van der Waals surface area contributed by atoms with E-state index in [2.05, 4.69) is 19.2 Å². The van der Waals surface area contributed by atoms with Crippen molar-refractivity contribution in [3.05, 3.63) is 35.6 Å². The van der Waals surface area contributed by atoms with E-state index in [1.807, 2.05) is 6.07 Å². The van der Waals surface area contributed by atoms with Gasteiger partial charge >= 0.3 is 0 Å². The summed E-state index contributed by atoms with van der Waals surface area (Å²) in [7, 11) is 0. The van der Waals surface area contributed by atoms with Crippen LogP contribution in [0.1, 0.15) is 25.8 Å². The molecule has 1 aliphatic rings. The largest absolute Gasteiger partial charge is 0.378 e. The lowest BCUT2D eigenvalue weighted by atomic mass is 10.0. The molecule has 0 bridgehead atoms. The van der Waals surface area contributed by atoms with Gasteiger partial charge in [0, 0.05) is 19.2 Å². The van der Waals surface area contributed by atoms with Crippen LogP contribution in [-0.4, -0.2) is 25.3 Å². The van der Waals surface area contributed by atoms with E-state index in [4.69, 9.17) is 4.74 Å². The van der Waals surface area contributed by atoms with Gasteiger partial charge in [0.1, 0.15) is 5.82 Å². The predicted octanol–water partition coefficient (Wildman–Crippen LogP) is 2.77.